The van der Waals surface area contributed by atoms with Gasteiger partial charge in [0.2, 0.25) is 17.7 Å². The van der Waals surface area contributed by atoms with Crippen LogP contribution < -0.4 is 20.7 Å². The van der Waals surface area contributed by atoms with Gasteiger partial charge in [-0.2, -0.15) is 0 Å². The lowest BCUT2D eigenvalue weighted by Gasteiger charge is -2.33. The molecule has 11 nitrogen and oxygen atoms in total. The number of hydrogen-bond donors (Lipinski definition) is 4. The maximum Gasteiger partial charge on any atom is 0.269 e. The molecule has 0 spiro atoms. The second kappa shape index (κ2) is 13.1. The van der Waals surface area contributed by atoms with Gasteiger partial charge in [0.05, 0.1) is 0 Å². The Kier molecular flexibility index (Phi) is 9.38. The van der Waals surface area contributed by atoms with Crippen molar-refractivity contribution in [1.82, 2.24) is 20.9 Å². The highest BCUT2D eigenvalue weighted by Gasteiger charge is 2.46. The van der Waals surface area contributed by atoms with Crippen LogP contribution >= 0.6 is 0 Å². The van der Waals surface area contributed by atoms with E-state index in [0.29, 0.717) is 12.2 Å². The number of carbonyl (C=O) groups is 4. The second-order valence-corrected chi connectivity index (χ2v) is 10.5. The molecule has 41 heavy (non-hydrogen) atoms. The van der Waals surface area contributed by atoms with Crippen LogP contribution in [0.25, 0.3) is 6.08 Å². The molecule has 0 unspecified atom stereocenters. The molecule has 1 saturated heterocycles. The highest BCUT2D eigenvalue weighted by Crippen LogP contribution is 2.27. The lowest BCUT2D eigenvalue weighted by Crippen LogP contribution is -2.60. The van der Waals surface area contributed by atoms with Crippen LogP contribution in [0.5, 0.6) is 5.75 Å². The number of rotatable bonds is 6. The third-order valence-corrected chi connectivity index (χ3v) is 7.18. The first-order valence-corrected chi connectivity index (χ1v) is 13.6. The molecule has 0 saturated carbocycles. The van der Waals surface area contributed by atoms with Crippen LogP contribution in [0.4, 0.5) is 0 Å². The zero-order valence-electron chi connectivity index (χ0n) is 23.2. The fraction of sp³-hybridized carbons (Fsp3) is 0.367. The first kappa shape index (κ1) is 29.3. The smallest absolute Gasteiger partial charge is 0.269 e. The maximum atomic E-state index is 13.9. The molecule has 4 atom stereocenters. The topological polar surface area (TPSA) is 149 Å². The lowest BCUT2D eigenvalue weighted by atomic mass is 10.0. The number of likely N-dealkylation sites (tertiary alicyclic amines) is 1. The maximum absolute atomic E-state index is 13.9. The van der Waals surface area contributed by atoms with Crippen LogP contribution in [0.2, 0.25) is 0 Å². The first-order valence-electron chi connectivity index (χ1n) is 13.6. The molecule has 2 aromatic rings. The molecule has 4 N–H and O–H groups in total. The number of carbonyl (C=O) groups excluding carboxylic acids is 4. The van der Waals surface area contributed by atoms with Crippen LogP contribution in [0.1, 0.15) is 38.3 Å². The van der Waals surface area contributed by atoms with E-state index in [1.807, 2.05) is 42.5 Å². The highest BCUT2D eigenvalue weighted by molar-refractivity contribution is 6.38. The zero-order valence-corrected chi connectivity index (χ0v) is 23.2. The van der Waals surface area contributed by atoms with Crippen molar-refractivity contribution in [2.75, 3.05) is 6.54 Å². The van der Waals surface area contributed by atoms with E-state index >= 15 is 0 Å². The number of benzene rings is 2. The largest absolute Gasteiger partial charge is 0.488 e. The van der Waals surface area contributed by atoms with Gasteiger partial charge in [0.1, 0.15) is 35.7 Å². The van der Waals surface area contributed by atoms with E-state index in [1.165, 1.54) is 18.0 Å². The standard InChI is InChI=1S/C30H35N5O6/c1-18(2)25(33-27(36)19(3)34-40)30(39)35-16-14-24-26(35)29(38)32-23(17-21-7-5-4-6-8-21)28(37)31-15-13-20-9-11-22(41-24)12-10-20/h4-13,15,18,23-26,40H,14,16-17H2,1-3H3,(H,31,37)(H,32,38)(H,33,36)/b15-13-,34-19-/t23-,24-,25-,26-/m0/s1. The van der Waals surface area contributed by atoms with Crippen molar-refractivity contribution < 1.29 is 29.1 Å². The van der Waals surface area contributed by atoms with Crippen molar-refractivity contribution in [3.63, 3.8) is 0 Å². The summed E-state index contributed by atoms with van der Waals surface area (Å²) in [6, 6.07) is 13.5. The van der Waals surface area contributed by atoms with Crippen LogP contribution in [0.3, 0.4) is 0 Å². The van der Waals surface area contributed by atoms with Gasteiger partial charge in [-0.3, -0.25) is 19.2 Å². The predicted octanol–water partition coefficient (Wildman–Crippen LogP) is 1.85. The first-order chi connectivity index (χ1) is 19.7. The van der Waals surface area contributed by atoms with Crippen molar-refractivity contribution in [2.45, 2.75) is 57.8 Å². The minimum absolute atomic E-state index is 0.197. The van der Waals surface area contributed by atoms with Crippen LogP contribution in [-0.4, -0.2) is 70.2 Å². The molecule has 11 heteroatoms. The normalized spacial score (nSPS) is 22.6. The lowest BCUT2D eigenvalue weighted by molar-refractivity contribution is -0.144. The van der Waals surface area contributed by atoms with E-state index in [1.54, 1.807) is 32.1 Å². The SMILES string of the molecule is C/C(=N/O)C(=O)N[C@H](C(=O)N1CC[C@@H]2Oc3ccc(cc3)/C=C\NC(=O)[C@H](Cc3ccccc3)NC(=O)[C@H]21)C(C)C. The molecule has 0 aliphatic carbocycles. The fourth-order valence-corrected chi connectivity index (χ4v) is 4.90. The Labute approximate surface area is 238 Å². The van der Waals surface area contributed by atoms with E-state index < -0.39 is 47.9 Å². The quantitative estimate of drug-likeness (QED) is 0.240. The van der Waals surface area contributed by atoms with Gasteiger partial charge in [-0.25, -0.2) is 0 Å². The minimum atomic E-state index is -1.07. The number of hydrogen-bond acceptors (Lipinski definition) is 7. The van der Waals surface area contributed by atoms with Gasteiger partial charge in [0, 0.05) is 25.6 Å². The minimum Gasteiger partial charge on any atom is -0.488 e. The van der Waals surface area contributed by atoms with E-state index in [9.17, 15) is 19.2 Å². The number of nitrogens with zero attached hydrogens (tertiary/aromatic N) is 2. The Morgan fingerprint density at radius 1 is 1.10 bits per heavy atom. The van der Waals surface area contributed by atoms with Gasteiger partial charge in [-0.1, -0.05) is 61.5 Å². The summed E-state index contributed by atoms with van der Waals surface area (Å²) in [5, 5.41) is 20.1. The Balaban J connectivity index is 1.68. The summed E-state index contributed by atoms with van der Waals surface area (Å²) < 4.78 is 6.23. The molecular weight excluding hydrogens is 526 g/mol. The van der Waals surface area contributed by atoms with Gasteiger partial charge in [0.25, 0.3) is 5.91 Å². The average Bonchev–Trinajstić information content (AvgIpc) is 3.39. The summed E-state index contributed by atoms with van der Waals surface area (Å²) in [5.74, 6) is -1.94. The second-order valence-electron chi connectivity index (χ2n) is 10.5. The van der Waals surface area contributed by atoms with Crippen LogP contribution in [0.15, 0.2) is 66.0 Å². The van der Waals surface area contributed by atoms with Crippen LogP contribution in [-0.2, 0) is 25.6 Å². The fourth-order valence-electron chi connectivity index (χ4n) is 4.90. The number of fused-ring (bicyclic) bond motifs is 7. The molecule has 3 heterocycles. The molecular formula is C30H35N5O6. The van der Waals surface area contributed by atoms with Crippen molar-refractivity contribution in [3.05, 3.63) is 71.9 Å². The van der Waals surface area contributed by atoms with Crippen molar-refractivity contribution >= 4 is 35.4 Å². The van der Waals surface area contributed by atoms with Gasteiger partial charge < -0.3 is 30.8 Å². The number of ether oxygens (including phenoxy) is 1. The molecule has 3 aliphatic rings. The van der Waals surface area contributed by atoms with Gasteiger partial charge in [-0.05, 0) is 42.2 Å². The van der Waals surface area contributed by atoms with E-state index in [0.717, 1.165) is 11.1 Å². The average molecular weight is 562 g/mol. The Morgan fingerprint density at radius 3 is 2.46 bits per heavy atom. The molecule has 2 aromatic carbocycles. The summed E-state index contributed by atoms with van der Waals surface area (Å²) in [6.45, 7) is 5.05. The Hall–Kier alpha value is -4.67. The molecule has 1 fully saturated rings. The summed E-state index contributed by atoms with van der Waals surface area (Å²) in [5.41, 5.74) is 1.49. The zero-order chi connectivity index (χ0) is 29.5. The Bertz CT molecular complexity index is 1320. The van der Waals surface area contributed by atoms with Crippen molar-refractivity contribution in [1.29, 1.82) is 0 Å². The van der Waals surface area contributed by atoms with Crippen molar-refractivity contribution in [3.8, 4) is 5.75 Å². The number of oxime groups is 1. The third kappa shape index (κ3) is 7.10. The highest BCUT2D eigenvalue weighted by atomic mass is 16.5. The molecule has 216 valence electrons. The summed E-state index contributed by atoms with van der Waals surface area (Å²) >= 11 is 0. The molecule has 0 radical (unpaired) electrons. The van der Waals surface area contributed by atoms with Gasteiger partial charge in [0.15, 0.2) is 0 Å². The van der Waals surface area contributed by atoms with Gasteiger partial charge in [-0.15, -0.1) is 0 Å². The summed E-state index contributed by atoms with van der Waals surface area (Å²) in [7, 11) is 0. The predicted molar refractivity (Wildman–Crippen MR) is 152 cm³/mol. The number of amides is 4. The van der Waals surface area contributed by atoms with Gasteiger partial charge >= 0.3 is 0 Å². The summed E-state index contributed by atoms with van der Waals surface area (Å²) in [4.78, 5) is 54.9. The molecule has 2 bridgehead atoms. The van der Waals surface area contributed by atoms with E-state index in [2.05, 4.69) is 21.1 Å². The van der Waals surface area contributed by atoms with Crippen molar-refractivity contribution in [2.24, 2.45) is 11.1 Å². The summed E-state index contributed by atoms with van der Waals surface area (Å²) in [6.07, 6.45) is 3.16. The van der Waals surface area contributed by atoms with E-state index in [4.69, 9.17) is 9.94 Å². The monoisotopic (exact) mass is 561 g/mol. The van der Waals surface area contributed by atoms with E-state index in [-0.39, 0.29) is 24.6 Å². The number of nitrogens with one attached hydrogen (secondary N) is 3. The third-order valence-electron chi connectivity index (χ3n) is 7.18. The molecule has 3 aliphatic heterocycles. The molecule has 0 aromatic heterocycles. The molecule has 5 rings (SSSR count). The Morgan fingerprint density at radius 2 is 1.80 bits per heavy atom. The van der Waals surface area contributed by atoms with Crippen LogP contribution in [0, 0.1) is 5.92 Å². The molecule has 4 amide bonds.